The van der Waals surface area contributed by atoms with Gasteiger partial charge >= 0.3 is 5.97 Å². The highest BCUT2D eigenvalue weighted by molar-refractivity contribution is 5.75. The summed E-state index contributed by atoms with van der Waals surface area (Å²) >= 11 is 0. The second-order valence-electron chi connectivity index (χ2n) is 3.11. The third kappa shape index (κ3) is 2.56. The number of ether oxygens (including phenoxy) is 1. The summed E-state index contributed by atoms with van der Waals surface area (Å²) in [6.07, 6.45) is 3.42. The molecule has 0 bridgehead atoms. The Hall–Kier alpha value is -1.36. The molecule has 78 valence electrons. The zero-order valence-electron chi connectivity index (χ0n) is 8.57. The Labute approximate surface area is 82.9 Å². The quantitative estimate of drug-likeness (QED) is 0.694. The van der Waals surface area contributed by atoms with Gasteiger partial charge in [-0.25, -0.2) is 4.98 Å². The second kappa shape index (κ2) is 4.76. The SMILES string of the molecule is COC(=O)C(C)NC(C)c1ncc[nH]1. The molecule has 1 aromatic heterocycles. The van der Waals surface area contributed by atoms with Crippen molar-refractivity contribution < 1.29 is 9.53 Å². The molecule has 0 spiro atoms. The molecule has 0 radical (unpaired) electrons. The Kier molecular flexibility index (Phi) is 3.64. The first-order valence-electron chi connectivity index (χ1n) is 4.48. The van der Waals surface area contributed by atoms with Gasteiger partial charge in [0, 0.05) is 12.4 Å². The largest absolute Gasteiger partial charge is 0.468 e. The summed E-state index contributed by atoms with van der Waals surface area (Å²) in [5.41, 5.74) is 0. The fourth-order valence-electron chi connectivity index (χ4n) is 1.21. The number of hydrogen-bond acceptors (Lipinski definition) is 4. The molecule has 1 rings (SSSR count). The van der Waals surface area contributed by atoms with Crippen LogP contribution in [0.1, 0.15) is 25.7 Å². The number of aromatic amines is 1. The molecule has 1 aromatic rings. The number of methoxy groups -OCH3 is 1. The van der Waals surface area contributed by atoms with E-state index in [1.54, 1.807) is 19.3 Å². The molecule has 5 nitrogen and oxygen atoms in total. The standard InChI is InChI=1S/C9H15N3O2/c1-6(8-10-4-5-11-8)12-7(2)9(13)14-3/h4-7,12H,1-3H3,(H,10,11). The lowest BCUT2D eigenvalue weighted by atomic mass is 10.2. The van der Waals surface area contributed by atoms with Gasteiger partial charge in [-0.2, -0.15) is 0 Å². The molecule has 0 aliphatic heterocycles. The van der Waals surface area contributed by atoms with Crippen molar-refractivity contribution in [1.82, 2.24) is 15.3 Å². The monoisotopic (exact) mass is 197 g/mol. The Bertz CT molecular complexity index is 284. The van der Waals surface area contributed by atoms with Crippen molar-refractivity contribution in [2.75, 3.05) is 7.11 Å². The van der Waals surface area contributed by atoms with Crippen LogP contribution in [0.3, 0.4) is 0 Å². The van der Waals surface area contributed by atoms with E-state index in [0.29, 0.717) is 0 Å². The number of aromatic nitrogens is 2. The molecule has 0 aliphatic carbocycles. The molecule has 0 aliphatic rings. The van der Waals surface area contributed by atoms with E-state index >= 15 is 0 Å². The molecule has 0 saturated heterocycles. The van der Waals surface area contributed by atoms with Crippen molar-refractivity contribution in [3.05, 3.63) is 18.2 Å². The lowest BCUT2D eigenvalue weighted by Gasteiger charge is -2.16. The van der Waals surface area contributed by atoms with E-state index < -0.39 is 0 Å². The molecule has 2 unspecified atom stereocenters. The van der Waals surface area contributed by atoms with Crippen LogP contribution in [-0.4, -0.2) is 29.1 Å². The van der Waals surface area contributed by atoms with Gasteiger partial charge in [0.25, 0.3) is 0 Å². The molecule has 0 fully saturated rings. The molecule has 1 heterocycles. The Morgan fingerprint density at radius 1 is 1.64 bits per heavy atom. The number of nitrogens with one attached hydrogen (secondary N) is 2. The van der Waals surface area contributed by atoms with Crippen LogP contribution >= 0.6 is 0 Å². The highest BCUT2D eigenvalue weighted by atomic mass is 16.5. The predicted octanol–water partition coefficient (Wildman–Crippen LogP) is 0.622. The fourth-order valence-corrected chi connectivity index (χ4v) is 1.21. The number of imidazole rings is 1. The molecule has 5 heteroatoms. The van der Waals surface area contributed by atoms with Crippen molar-refractivity contribution in [2.45, 2.75) is 25.9 Å². The highest BCUT2D eigenvalue weighted by Crippen LogP contribution is 2.06. The van der Waals surface area contributed by atoms with Gasteiger partial charge in [-0.05, 0) is 13.8 Å². The number of carbonyl (C=O) groups is 1. The number of carbonyl (C=O) groups excluding carboxylic acids is 1. The molecule has 2 N–H and O–H groups in total. The molecule has 0 aromatic carbocycles. The molecule has 2 atom stereocenters. The van der Waals surface area contributed by atoms with E-state index in [0.717, 1.165) is 5.82 Å². The van der Waals surface area contributed by atoms with Crippen LogP contribution in [0.4, 0.5) is 0 Å². The summed E-state index contributed by atoms with van der Waals surface area (Å²) in [7, 11) is 1.37. The number of H-pyrrole nitrogens is 1. The Balaban J connectivity index is 2.49. The number of hydrogen-bond donors (Lipinski definition) is 2. The minimum absolute atomic E-state index is 0.000833. The maximum Gasteiger partial charge on any atom is 0.322 e. The first-order chi connectivity index (χ1) is 6.65. The fraction of sp³-hybridized carbons (Fsp3) is 0.556. The van der Waals surface area contributed by atoms with Crippen molar-refractivity contribution in [1.29, 1.82) is 0 Å². The molecule has 14 heavy (non-hydrogen) atoms. The van der Waals surface area contributed by atoms with Crippen molar-refractivity contribution in [2.24, 2.45) is 0 Å². The molecular weight excluding hydrogens is 182 g/mol. The van der Waals surface area contributed by atoms with Crippen LogP contribution in [0.15, 0.2) is 12.4 Å². The van der Waals surface area contributed by atoms with Gasteiger partial charge in [0.1, 0.15) is 11.9 Å². The molecule has 0 saturated carbocycles. The van der Waals surface area contributed by atoms with Crippen LogP contribution in [0.25, 0.3) is 0 Å². The second-order valence-corrected chi connectivity index (χ2v) is 3.11. The summed E-state index contributed by atoms with van der Waals surface area (Å²) in [5.74, 6) is 0.532. The normalized spacial score (nSPS) is 14.8. The summed E-state index contributed by atoms with van der Waals surface area (Å²) in [4.78, 5) is 18.2. The summed E-state index contributed by atoms with van der Waals surface area (Å²) in [6, 6.07) is -0.334. The first-order valence-corrected chi connectivity index (χ1v) is 4.48. The zero-order valence-corrected chi connectivity index (χ0v) is 8.57. The number of esters is 1. The van der Waals surface area contributed by atoms with Crippen molar-refractivity contribution >= 4 is 5.97 Å². The van der Waals surface area contributed by atoms with E-state index in [-0.39, 0.29) is 18.1 Å². The average Bonchev–Trinajstić information content (AvgIpc) is 2.69. The van der Waals surface area contributed by atoms with Crippen molar-refractivity contribution in [3.8, 4) is 0 Å². The highest BCUT2D eigenvalue weighted by Gasteiger charge is 2.17. The lowest BCUT2D eigenvalue weighted by Crippen LogP contribution is -2.36. The van der Waals surface area contributed by atoms with Gasteiger partial charge in [0.15, 0.2) is 0 Å². The summed E-state index contributed by atoms with van der Waals surface area (Å²) in [5, 5.41) is 3.06. The van der Waals surface area contributed by atoms with Crippen LogP contribution in [0.5, 0.6) is 0 Å². The van der Waals surface area contributed by atoms with Crippen LogP contribution in [0, 0.1) is 0 Å². The van der Waals surface area contributed by atoms with E-state index in [4.69, 9.17) is 0 Å². The van der Waals surface area contributed by atoms with Crippen LogP contribution in [-0.2, 0) is 9.53 Å². The van der Waals surface area contributed by atoms with Gasteiger partial charge < -0.3 is 9.72 Å². The maximum atomic E-state index is 11.1. The predicted molar refractivity (Wildman–Crippen MR) is 51.6 cm³/mol. The van der Waals surface area contributed by atoms with Gasteiger partial charge in [-0.15, -0.1) is 0 Å². The van der Waals surface area contributed by atoms with Crippen LogP contribution in [0.2, 0.25) is 0 Å². The van der Waals surface area contributed by atoms with E-state index in [9.17, 15) is 4.79 Å². The average molecular weight is 197 g/mol. The molecular formula is C9H15N3O2. The third-order valence-electron chi connectivity index (χ3n) is 1.98. The Morgan fingerprint density at radius 2 is 2.36 bits per heavy atom. The zero-order chi connectivity index (χ0) is 10.6. The van der Waals surface area contributed by atoms with Gasteiger partial charge in [0.05, 0.1) is 13.2 Å². The minimum Gasteiger partial charge on any atom is -0.468 e. The first kappa shape index (κ1) is 10.7. The van der Waals surface area contributed by atoms with E-state index in [1.165, 1.54) is 7.11 Å². The molecule has 0 amide bonds. The van der Waals surface area contributed by atoms with Crippen LogP contribution < -0.4 is 5.32 Å². The lowest BCUT2D eigenvalue weighted by molar-refractivity contribution is -0.142. The van der Waals surface area contributed by atoms with E-state index in [1.807, 2.05) is 6.92 Å². The van der Waals surface area contributed by atoms with Crippen molar-refractivity contribution in [3.63, 3.8) is 0 Å². The van der Waals surface area contributed by atoms with Gasteiger partial charge in [0.2, 0.25) is 0 Å². The smallest absolute Gasteiger partial charge is 0.322 e. The number of rotatable bonds is 4. The maximum absolute atomic E-state index is 11.1. The summed E-state index contributed by atoms with van der Waals surface area (Å²) < 4.78 is 4.60. The van der Waals surface area contributed by atoms with Gasteiger partial charge in [-0.1, -0.05) is 0 Å². The topological polar surface area (TPSA) is 67.0 Å². The third-order valence-corrected chi connectivity index (χ3v) is 1.98. The summed E-state index contributed by atoms with van der Waals surface area (Å²) in [6.45, 7) is 3.68. The number of nitrogens with zero attached hydrogens (tertiary/aromatic N) is 1. The minimum atomic E-state index is -0.333. The van der Waals surface area contributed by atoms with E-state index in [2.05, 4.69) is 20.0 Å². The Morgan fingerprint density at radius 3 is 2.86 bits per heavy atom. The van der Waals surface area contributed by atoms with Gasteiger partial charge in [-0.3, -0.25) is 10.1 Å².